The molecule has 8 heteroatoms. The first-order valence-corrected chi connectivity index (χ1v) is 13.8. The predicted molar refractivity (Wildman–Crippen MR) is 147 cm³/mol. The molecule has 2 aliphatic heterocycles. The highest BCUT2D eigenvalue weighted by Crippen LogP contribution is 2.45. The maximum absolute atomic E-state index is 13.6. The van der Waals surface area contributed by atoms with Gasteiger partial charge >= 0.3 is 0 Å². The van der Waals surface area contributed by atoms with Crippen molar-refractivity contribution in [2.75, 3.05) is 21.7 Å². The highest BCUT2D eigenvalue weighted by molar-refractivity contribution is 7.99. The van der Waals surface area contributed by atoms with Crippen molar-refractivity contribution in [1.29, 1.82) is 0 Å². The lowest BCUT2D eigenvalue weighted by Gasteiger charge is -2.29. The van der Waals surface area contributed by atoms with Gasteiger partial charge in [-0.2, -0.15) is 0 Å². The Labute approximate surface area is 225 Å². The third-order valence-corrected chi connectivity index (χ3v) is 8.71. The Kier molecular flexibility index (Phi) is 6.42. The maximum Gasteiger partial charge on any atom is 0.259 e. The highest BCUT2D eigenvalue weighted by atomic mass is 35.5. The zero-order chi connectivity index (χ0) is 25.5. The zero-order valence-corrected chi connectivity index (χ0v) is 21.7. The SMILES string of the molecule is O=C(Nc1ccc2c(c1)Sc1ccccc1C(=O)N2C1CCCC1)C1CC(=O)N(c2cccc(Cl)c2)C1. The molecule has 1 N–H and O–H groups in total. The third kappa shape index (κ3) is 4.62. The van der Waals surface area contributed by atoms with E-state index in [1.54, 1.807) is 34.9 Å². The van der Waals surface area contributed by atoms with E-state index >= 15 is 0 Å². The van der Waals surface area contributed by atoms with Crippen molar-refractivity contribution < 1.29 is 14.4 Å². The van der Waals surface area contributed by atoms with E-state index < -0.39 is 5.92 Å². The number of hydrogen-bond donors (Lipinski definition) is 1. The Balaban J connectivity index is 1.25. The number of amides is 3. The molecule has 1 aliphatic carbocycles. The summed E-state index contributed by atoms with van der Waals surface area (Å²) in [6, 6.07) is 20.7. The number of benzene rings is 3. The molecule has 37 heavy (non-hydrogen) atoms. The number of carbonyl (C=O) groups excluding carboxylic acids is 3. The van der Waals surface area contributed by atoms with Gasteiger partial charge in [0.1, 0.15) is 0 Å². The minimum atomic E-state index is -0.463. The molecule has 1 atom stereocenters. The first kappa shape index (κ1) is 24.1. The summed E-state index contributed by atoms with van der Waals surface area (Å²) in [4.78, 5) is 44.9. The Morgan fingerprint density at radius 2 is 1.76 bits per heavy atom. The number of fused-ring (bicyclic) bond motifs is 2. The van der Waals surface area contributed by atoms with E-state index in [9.17, 15) is 14.4 Å². The van der Waals surface area contributed by atoms with Crippen LogP contribution in [0, 0.1) is 5.92 Å². The minimum Gasteiger partial charge on any atom is -0.326 e. The van der Waals surface area contributed by atoms with Crippen LogP contribution in [0.25, 0.3) is 0 Å². The fraction of sp³-hybridized carbons (Fsp3) is 0.276. The van der Waals surface area contributed by atoms with Crippen molar-refractivity contribution >= 4 is 58.1 Å². The summed E-state index contributed by atoms with van der Waals surface area (Å²) in [5.74, 6) is -0.714. The van der Waals surface area contributed by atoms with Gasteiger partial charge in [-0.25, -0.2) is 0 Å². The first-order valence-electron chi connectivity index (χ1n) is 12.6. The zero-order valence-electron chi connectivity index (χ0n) is 20.2. The molecule has 0 radical (unpaired) electrons. The van der Waals surface area contributed by atoms with Crippen LogP contribution in [0.1, 0.15) is 42.5 Å². The van der Waals surface area contributed by atoms with Crippen molar-refractivity contribution in [2.24, 2.45) is 5.92 Å². The third-order valence-electron chi connectivity index (χ3n) is 7.35. The van der Waals surface area contributed by atoms with Crippen LogP contribution in [0.4, 0.5) is 17.1 Å². The predicted octanol–water partition coefficient (Wildman–Crippen LogP) is 6.39. The van der Waals surface area contributed by atoms with Crippen LogP contribution in [-0.2, 0) is 9.59 Å². The molecule has 6 nitrogen and oxygen atoms in total. The number of rotatable bonds is 4. The molecule has 3 aromatic carbocycles. The van der Waals surface area contributed by atoms with Crippen molar-refractivity contribution in [3.8, 4) is 0 Å². The van der Waals surface area contributed by atoms with Crippen LogP contribution < -0.4 is 15.1 Å². The van der Waals surface area contributed by atoms with Crippen LogP contribution in [0.3, 0.4) is 0 Å². The second kappa shape index (κ2) is 9.88. The topological polar surface area (TPSA) is 69.7 Å². The summed E-state index contributed by atoms with van der Waals surface area (Å²) in [6.07, 6.45) is 4.39. The summed E-state index contributed by atoms with van der Waals surface area (Å²) in [5.41, 5.74) is 2.96. The number of anilines is 3. The fourth-order valence-electron chi connectivity index (χ4n) is 5.51. The largest absolute Gasteiger partial charge is 0.326 e. The number of nitrogens with zero attached hydrogens (tertiary/aromatic N) is 2. The van der Waals surface area contributed by atoms with Gasteiger partial charge in [-0.1, -0.05) is 54.4 Å². The first-order chi connectivity index (χ1) is 18.0. The molecule has 3 aliphatic rings. The molecule has 3 amide bonds. The van der Waals surface area contributed by atoms with Crippen molar-refractivity contribution in [1.82, 2.24) is 0 Å². The molecule has 0 spiro atoms. The summed E-state index contributed by atoms with van der Waals surface area (Å²) >= 11 is 7.65. The molecular formula is C29H26ClN3O3S. The Morgan fingerprint density at radius 1 is 0.946 bits per heavy atom. The van der Waals surface area contributed by atoms with E-state index in [1.807, 2.05) is 53.4 Å². The van der Waals surface area contributed by atoms with Gasteiger partial charge in [0.2, 0.25) is 11.8 Å². The number of halogens is 1. The molecule has 188 valence electrons. The normalized spacial score (nSPS) is 19.5. The molecular weight excluding hydrogens is 506 g/mol. The van der Waals surface area contributed by atoms with Crippen molar-refractivity contribution in [2.45, 2.75) is 47.9 Å². The van der Waals surface area contributed by atoms with Gasteiger partial charge in [-0.3, -0.25) is 14.4 Å². The standard InChI is InChI=1S/C29H26ClN3O3S/c30-19-6-5-9-22(15-19)32-17-18(14-27(32)34)28(35)31-20-12-13-24-26(16-20)37-25-11-4-3-10-23(25)29(36)33(24)21-7-1-2-8-21/h3-6,9-13,15-16,18,21H,1-2,7-8,14,17H2,(H,31,35). The van der Waals surface area contributed by atoms with Gasteiger partial charge in [0.15, 0.2) is 0 Å². The molecule has 1 saturated heterocycles. The average Bonchev–Trinajstić information content (AvgIpc) is 3.53. The van der Waals surface area contributed by atoms with Gasteiger partial charge in [0.25, 0.3) is 5.91 Å². The smallest absolute Gasteiger partial charge is 0.259 e. The van der Waals surface area contributed by atoms with E-state index in [1.165, 1.54) is 0 Å². The molecule has 3 aromatic rings. The van der Waals surface area contributed by atoms with Crippen LogP contribution in [-0.4, -0.2) is 30.3 Å². The number of carbonyl (C=O) groups is 3. The van der Waals surface area contributed by atoms with E-state index in [2.05, 4.69) is 5.32 Å². The lowest BCUT2D eigenvalue weighted by atomic mass is 10.1. The Morgan fingerprint density at radius 3 is 2.57 bits per heavy atom. The molecule has 1 saturated carbocycles. The minimum absolute atomic E-state index is 0.0381. The number of nitrogens with one attached hydrogen (secondary N) is 1. The second-order valence-electron chi connectivity index (χ2n) is 9.77. The van der Waals surface area contributed by atoms with Crippen molar-refractivity contribution in [3.05, 3.63) is 77.3 Å². The molecule has 0 bridgehead atoms. The second-order valence-corrected chi connectivity index (χ2v) is 11.3. The molecule has 0 aromatic heterocycles. The number of hydrogen-bond acceptors (Lipinski definition) is 4. The molecule has 2 fully saturated rings. The fourth-order valence-corrected chi connectivity index (χ4v) is 6.80. The van der Waals surface area contributed by atoms with Crippen LogP contribution in [0.5, 0.6) is 0 Å². The molecule has 2 heterocycles. The van der Waals surface area contributed by atoms with Crippen LogP contribution in [0.15, 0.2) is 76.5 Å². The summed E-state index contributed by atoms with van der Waals surface area (Å²) in [7, 11) is 0. The van der Waals surface area contributed by atoms with Gasteiger partial charge in [-0.15, -0.1) is 0 Å². The highest BCUT2D eigenvalue weighted by Gasteiger charge is 2.36. The average molecular weight is 532 g/mol. The van der Waals surface area contributed by atoms with E-state index in [-0.39, 0.29) is 30.2 Å². The lowest BCUT2D eigenvalue weighted by Crippen LogP contribution is -2.39. The monoisotopic (exact) mass is 531 g/mol. The van der Waals surface area contributed by atoms with Crippen LogP contribution in [0.2, 0.25) is 5.02 Å². The summed E-state index contributed by atoms with van der Waals surface area (Å²) < 4.78 is 0. The summed E-state index contributed by atoms with van der Waals surface area (Å²) in [6.45, 7) is 0.308. The van der Waals surface area contributed by atoms with Gasteiger partial charge in [-0.05, 0) is 61.4 Å². The summed E-state index contributed by atoms with van der Waals surface area (Å²) in [5, 5.41) is 3.57. The van der Waals surface area contributed by atoms with E-state index in [0.29, 0.717) is 28.5 Å². The molecule has 6 rings (SSSR count). The molecule has 1 unspecified atom stereocenters. The van der Waals surface area contributed by atoms with E-state index in [4.69, 9.17) is 11.6 Å². The Bertz CT molecular complexity index is 1400. The van der Waals surface area contributed by atoms with E-state index in [0.717, 1.165) is 41.2 Å². The van der Waals surface area contributed by atoms with Crippen LogP contribution >= 0.6 is 23.4 Å². The quantitative estimate of drug-likeness (QED) is 0.424. The Hall–Kier alpha value is -3.29. The van der Waals surface area contributed by atoms with Gasteiger partial charge in [0, 0.05) is 45.2 Å². The van der Waals surface area contributed by atoms with Gasteiger partial charge < -0.3 is 15.1 Å². The van der Waals surface area contributed by atoms with Gasteiger partial charge in [0.05, 0.1) is 17.2 Å². The maximum atomic E-state index is 13.6. The van der Waals surface area contributed by atoms with Crippen molar-refractivity contribution in [3.63, 3.8) is 0 Å². The lowest BCUT2D eigenvalue weighted by molar-refractivity contribution is -0.122.